The molecular weight excluding hydrogens is 391 g/mol. The molecule has 1 aliphatic rings. The van der Waals surface area contributed by atoms with Gasteiger partial charge in [0.05, 0.1) is 6.54 Å². The Kier molecular flexibility index (Phi) is 9.22. The van der Waals surface area contributed by atoms with Crippen LogP contribution in [-0.4, -0.2) is 57.2 Å². The number of hydrogen-bond acceptors (Lipinski definition) is 3. The number of likely N-dealkylation sites (N-methyl/N-ethyl adjacent to an activating group) is 1. The van der Waals surface area contributed by atoms with Crippen LogP contribution in [0.15, 0.2) is 35.3 Å². The van der Waals surface area contributed by atoms with E-state index < -0.39 is 0 Å². The second-order valence-electron chi connectivity index (χ2n) is 5.32. The van der Waals surface area contributed by atoms with E-state index in [0.29, 0.717) is 12.6 Å². The van der Waals surface area contributed by atoms with Crippen LogP contribution in [0, 0.1) is 0 Å². The lowest BCUT2D eigenvalue weighted by Crippen LogP contribution is -2.44. The van der Waals surface area contributed by atoms with E-state index in [1.807, 2.05) is 30.3 Å². The van der Waals surface area contributed by atoms with Crippen LogP contribution in [-0.2, 0) is 0 Å². The van der Waals surface area contributed by atoms with Gasteiger partial charge in [-0.2, -0.15) is 0 Å². The van der Waals surface area contributed by atoms with E-state index in [1.165, 1.54) is 19.4 Å². The van der Waals surface area contributed by atoms with Crippen molar-refractivity contribution in [3.63, 3.8) is 0 Å². The standard InChI is InChI=1S/C16H26N4O.HI/c1-17-16(19-13-14-7-6-11-20(14)2)18-10-12-21-15-8-4-3-5-9-15;/h3-5,8-9,14H,6-7,10-13H2,1-2H3,(H2,17,18,19);1H. The van der Waals surface area contributed by atoms with E-state index in [0.717, 1.165) is 24.8 Å². The van der Waals surface area contributed by atoms with Crippen LogP contribution in [0.3, 0.4) is 0 Å². The van der Waals surface area contributed by atoms with E-state index in [-0.39, 0.29) is 24.0 Å². The second-order valence-corrected chi connectivity index (χ2v) is 5.32. The zero-order valence-electron chi connectivity index (χ0n) is 13.4. The van der Waals surface area contributed by atoms with Gasteiger partial charge >= 0.3 is 0 Å². The SMILES string of the molecule is CN=C(NCCOc1ccccc1)NCC1CCCN1C.I. The van der Waals surface area contributed by atoms with Gasteiger partial charge in [-0.25, -0.2) is 0 Å². The number of ether oxygens (including phenoxy) is 1. The highest BCUT2D eigenvalue weighted by atomic mass is 127. The third kappa shape index (κ3) is 6.39. The molecule has 2 rings (SSSR count). The van der Waals surface area contributed by atoms with Crippen molar-refractivity contribution in [2.24, 2.45) is 4.99 Å². The predicted octanol–water partition coefficient (Wildman–Crippen LogP) is 1.94. The molecule has 5 nitrogen and oxygen atoms in total. The molecule has 22 heavy (non-hydrogen) atoms. The van der Waals surface area contributed by atoms with Crippen LogP contribution < -0.4 is 15.4 Å². The topological polar surface area (TPSA) is 48.9 Å². The largest absolute Gasteiger partial charge is 0.492 e. The average Bonchev–Trinajstić information content (AvgIpc) is 2.93. The first-order valence-electron chi connectivity index (χ1n) is 7.62. The van der Waals surface area contributed by atoms with E-state index in [4.69, 9.17) is 4.74 Å². The van der Waals surface area contributed by atoms with Crippen molar-refractivity contribution in [1.82, 2.24) is 15.5 Å². The van der Waals surface area contributed by atoms with E-state index in [1.54, 1.807) is 7.05 Å². The van der Waals surface area contributed by atoms with Gasteiger partial charge in [0.1, 0.15) is 12.4 Å². The lowest BCUT2D eigenvalue weighted by atomic mass is 10.2. The molecule has 1 heterocycles. The highest BCUT2D eigenvalue weighted by Crippen LogP contribution is 2.13. The Labute approximate surface area is 150 Å². The zero-order chi connectivity index (χ0) is 14.9. The molecule has 0 spiro atoms. The van der Waals surface area contributed by atoms with Crippen molar-refractivity contribution in [2.75, 3.05) is 40.3 Å². The molecule has 1 atom stereocenters. The minimum Gasteiger partial charge on any atom is -0.492 e. The van der Waals surface area contributed by atoms with Crippen LogP contribution in [0.25, 0.3) is 0 Å². The van der Waals surface area contributed by atoms with Crippen LogP contribution in [0.1, 0.15) is 12.8 Å². The molecule has 0 saturated carbocycles. The smallest absolute Gasteiger partial charge is 0.191 e. The molecule has 1 fully saturated rings. The Morgan fingerprint density at radius 1 is 1.32 bits per heavy atom. The monoisotopic (exact) mass is 418 g/mol. The molecule has 0 amide bonds. The maximum atomic E-state index is 5.64. The Hall–Kier alpha value is -1.02. The maximum absolute atomic E-state index is 5.64. The summed E-state index contributed by atoms with van der Waals surface area (Å²) in [6.07, 6.45) is 2.55. The number of likely N-dealkylation sites (tertiary alicyclic amines) is 1. The maximum Gasteiger partial charge on any atom is 0.191 e. The van der Waals surface area contributed by atoms with Crippen LogP contribution in [0.5, 0.6) is 5.75 Å². The van der Waals surface area contributed by atoms with Crippen molar-refractivity contribution >= 4 is 29.9 Å². The zero-order valence-corrected chi connectivity index (χ0v) is 15.7. The van der Waals surface area contributed by atoms with Crippen LogP contribution in [0.4, 0.5) is 0 Å². The third-order valence-electron chi connectivity index (χ3n) is 3.81. The molecule has 2 N–H and O–H groups in total. The van der Waals surface area contributed by atoms with Gasteiger partial charge in [-0.3, -0.25) is 4.99 Å². The lowest BCUT2D eigenvalue weighted by molar-refractivity contribution is 0.308. The number of rotatable bonds is 6. The Bertz CT molecular complexity index is 441. The van der Waals surface area contributed by atoms with Crippen molar-refractivity contribution in [1.29, 1.82) is 0 Å². The molecule has 1 aliphatic heterocycles. The van der Waals surface area contributed by atoms with Gasteiger partial charge in [0.25, 0.3) is 0 Å². The molecule has 1 unspecified atom stereocenters. The quantitative estimate of drug-likeness (QED) is 0.321. The summed E-state index contributed by atoms with van der Waals surface area (Å²) in [5.41, 5.74) is 0. The predicted molar refractivity (Wildman–Crippen MR) is 102 cm³/mol. The molecule has 1 aromatic carbocycles. The average molecular weight is 418 g/mol. The number of halogens is 1. The molecule has 0 aliphatic carbocycles. The Morgan fingerprint density at radius 3 is 2.73 bits per heavy atom. The van der Waals surface area contributed by atoms with Gasteiger partial charge in [-0.05, 0) is 38.6 Å². The second kappa shape index (κ2) is 10.7. The minimum absolute atomic E-state index is 0. The number of aliphatic imine (C=N–C) groups is 1. The van der Waals surface area contributed by atoms with E-state index in [2.05, 4.69) is 27.6 Å². The molecule has 1 aromatic rings. The molecule has 0 bridgehead atoms. The highest BCUT2D eigenvalue weighted by molar-refractivity contribution is 14.0. The molecular formula is C16H27IN4O. The molecule has 6 heteroatoms. The fraction of sp³-hybridized carbons (Fsp3) is 0.562. The van der Waals surface area contributed by atoms with E-state index in [9.17, 15) is 0 Å². The van der Waals surface area contributed by atoms with Gasteiger partial charge in [-0.1, -0.05) is 18.2 Å². The summed E-state index contributed by atoms with van der Waals surface area (Å²) in [6.45, 7) is 3.49. The minimum atomic E-state index is 0. The summed E-state index contributed by atoms with van der Waals surface area (Å²) in [6, 6.07) is 10.5. The first-order valence-corrected chi connectivity index (χ1v) is 7.62. The number of nitrogens with one attached hydrogen (secondary N) is 2. The number of hydrogen-bond donors (Lipinski definition) is 2. The Balaban J connectivity index is 0.00000242. The number of nitrogens with zero attached hydrogens (tertiary/aromatic N) is 2. The highest BCUT2D eigenvalue weighted by Gasteiger charge is 2.20. The van der Waals surface area contributed by atoms with Crippen molar-refractivity contribution in [3.05, 3.63) is 30.3 Å². The summed E-state index contributed by atoms with van der Waals surface area (Å²) in [5, 5.41) is 6.66. The molecule has 124 valence electrons. The molecule has 1 saturated heterocycles. The Morgan fingerprint density at radius 2 is 2.09 bits per heavy atom. The normalized spacial score (nSPS) is 18.6. The summed E-state index contributed by atoms with van der Waals surface area (Å²) in [4.78, 5) is 6.64. The molecule has 0 aromatic heterocycles. The number of benzene rings is 1. The van der Waals surface area contributed by atoms with Gasteiger partial charge < -0.3 is 20.3 Å². The van der Waals surface area contributed by atoms with Crippen LogP contribution in [0.2, 0.25) is 0 Å². The van der Waals surface area contributed by atoms with Crippen molar-refractivity contribution in [2.45, 2.75) is 18.9 Å². The first kappa shape index (κ1) is 19.0. The first-order chi connectivity index (χ1) is 10.3. The summed E-state index contributed by atoms with van der Waals surface area (Å²) >= 11 is 0. The summed E-state index contributed by atoms with van der Waals surface area (Å²) < 4.78 is 5.64. The van der Waals surface area contributed by atoms with Gasteiger partial charge in [0.15, 0.2) is 5.96 Å². The fourth-order valence-corrected chi connectivity index (χ4v) is 2.53. The van der Waals surface area contributed by atoms with Gasteiger partial charge in [0.2, 0.25) is 0 Å². The lowest BCUT2D eigenvalue weighted by Gasteiger charge is -2.21. The van der Waals surface area contributed by atoms with E-state index >= 15 is 0 Å². The number of para-hydroxylation sites is 1. The van der Waals surface area contributed by atoms with Gasteiger partial charge in [-0.15, -0.1) is 24.0 Å². The molecule has 0 radical (unpaired) electrons. The fourth-order valence-electron chi connectivity index (χ4n) is 2.53. The summed E-state index contributed by atoms with van der Waals surface area (Å²) in [5.74, 6) is 1.74. The van der Waals surface area contributed by atoms with Gasteiger partial charge in [0, 0.05) is 19.6 Å². The third-order valence-corrected chi connectivity index (χ3v) is 3.81. The van der Waals surface area contributed by atoms with Crippen molar-refractivity contribution < 1.29 is 4.74 Å². The van der Waals surface area contributed by atoms with Crippen molar-refractivity contribution in [3.8, 4) is 5.75 Å². The van der Waals surface area contributed by atoms with Crippen LogP contribution >= 0.6 is 24.0 Å². The number of guanidine groups is 1. The summed E-state index contributed by atoms with van der Waals surface area (Å²) in [7, 11) is 3.98.